The number of halogens is 1. The zero-order chi connectivity index (χ0) is 13.5. The highest BCUT2D eigenvalue weighted by atomic mass is 35.5. The first-order chi connectivity index (χ1) is 9.27. The summed E-state index contributed by atoms with van der Waals surface area (Å²) in [6.45, 7) is 1.11. The van der Waals surface area contributed by atoms with Crippen molar-refractivity contribution in [2.75, 3.05) is 18.9 Å². The number of rotatable bonds is 6. The average Bonchev–Trinajstić information content (AvgIpc) is 2.42. The Hall–Kier alpha value is -1.87. The van der Waals surface area contributed by atoms with Gasteiger partial charge in [-0.1, -0.05) is 35.9 Å². The molecule has 0 bridgehead atoms. The third kappa shape index (κ3) is 4.07. The van der Waals surface area contributed by atoms with Gasteiger partial charge < -0.3 is 15.2 Å². The first-order valence-electron chi connectivity index (χ1n) is 6.12. The predicted molar refractivity (Wildman–Crippen MR) is 77.9 cm³/mol. The van der Waals surface area contributed by atoms with Crippen molar-refractivity contribution in [1.29, 1.82) is 0 Å². The van der Waals surface area contributed by atoms with Crippen molar-refractivity contribution in [3.05, 3.63) is 53.6 Å². The van der Waals surface area contributed by atoms with E-state index in [2.05, 4.69) is 0 Å². The summed E-state index contributed by atoms with van der Waals surface area (Å²) in [5.74, 6) is 1.41. The maximum absolute atomic E-state index is 5.98. The fraction of sp³-hybridized carbons (Fsp3) is 0.200. The van der Waals surface area contributed by atoms with Gasteiger partial charge in [0.05, 0.1) is 23.9 Å². The van der Waals surface area contributed by atoms with E-state index in [1.165, 1.54) is 0 Å². The lowest BCUT2D eigenvalue weighted by Gasteiger charge is -2.10. The summed E-state index contributed by atoms with van der Waals surface area (Å²) in [5, 5.41) is 0.621. The lowest BCUT2D eigenvalue weighted by Crippen LogP contribution is -2.06. The maximum Gasteiger partial charge on any atom is 0.142 e. The summed E-state index contributed by atoms with van der Waals surface area (Å²) >= 11 is 5.98. The number of benzene rings is 2. The van der Waals surface area contributed by atoms with Gasteiger partial charge in [0.25, 0.3) is 0 Å². The molecule has 3 nitrogen and oxygen atoms in total. The molecule has 0 aromatic heterocycles. The minimum Gasteiger partial charge on any atom is -0.492 e. The summed E-state index contributed by atoms with van der Waals surface area (Å²) < 4.78 is 11.1. The quantitative estimate of drug-likeness (QED) is 0.646. The van der Waals surface area contributed by atoms with Crippen LogP contribution in [-0.2, 0) is 0 Å². The molecule has 0 aliphatic rings. The fourth-order valence-corrected chi connectivity index (χ4v) is 1.79. The number of para-hydroxylation sites is 3. The van der Waals surface area contributed by atoms with E-state index in [1.54, 1.807) is 6.07 Å². The Morgan fingerprint density at radius 2 is 1.42 bits per heavy atom. The number of ether oxygens (including phenoxy) is 2. The van der Waals surface area contributed by atoms with Gasteiger partial charge in [0.15, 0.2) is 0 Å². The molecule has 0 atom stereocenters. The van der Waals surface area contributed by atoms with Gasteiger partial charge in [0, 0.05) is 6.42 Å². The molecule has 0 fully saturated rings. The highest BCUT2D eigenvalue weighted by Crippen LogP contribution is 2.23. The summed E-state index contributed by atoms with van der Waals surface area (Å²) in [6.07, 6.45) is 0.763. The van der Waals surface area contributed by atoms with E-state index in [4.69, 9.17) is 26.8 Å². The van der Waals surface area contributed by atoms with Gasteiger partial charge in [-0.25, -0.2) is 0 Å². The van der Waals surface area contributed by atoms with Crippen molar-refractivity contribution in [3.8, 4) is 11.5 Å². The highest BCUT2D eigenvalue weighted by Gasteiger charge is 2.00. The Morgan fingerprint density at radius 3 is 2.11 bits per heavy atom. The van der Waals surface area contributed by atoms with E-state index in [1.807, 2.05) is 42.5 Å². The lowest BCUT2D eigenvalue weighted by molar-refractivity contribution is 0.248. The molecule has 0 heterocycles. The molecule has 2 rings (SSSR count). The molecule has 0 unspecified atom stereocenters. The summed E-state index contributed by atoms with van der Waals surface area (Å²) in [6, 6.07) is 14.9. The van der Waals surface area contributed by atoms with Crippen LogP contribution in [0.4, 0.5) is 5.69 Å². The van der Waals surface area contributed by atoms with Gasteiger partial charge in [-0.05, 0) is 24.3 Å². The predicted octanol–water partition coefficient (Wildman–Crippen LogP) is 3.77. The number of nitrogens with two attached hydrogens (primary N) is 1. The topological polar surface area (TPSA) is 44.5 Å². The zero-order valence-corrected chi connectivity index (χ0v) is 11.3. The number of hydrogen-bond donors (Lipinski definition) is 1. The first kappa shape index (κ1) is 13.6. The van der Waals surface area contributed by atoms with E-state index in [0.29, 0.717) is 35.4 Å². The molecule has 0 radical (unpaired) electrons. The van der Waals surface area contributed by atoms with Crippen molar-refractivity contribution in [2.24, 2.45) is 0 Å². The van der Waals surface area contributed by atoms with Crippen LogP contribution >= 0.6 is 11.6 Å². The second-order valence-electron chi connectivity index (χ2n) is 4.02. The van der Waals surface area contributed by atoms with Crippen LogP contribution in [0.2, 0.25) is 5.02 Å². The minimum absolute atomic E-state index is 0.552. The van der Waals surface area contributed by atoms with Gasteiger partial charge in [-0.15, -0.1) is 0 Å². The van der Waals surface area contributed by atoms with Crippen molar-refractivity contribution in [3.63, 3.8) is 0 Å². The molecule has 0 saturated heterocycles. The van der Waals surface area contributed by atoms with Crippen molar-refractivity contribution in [1.82, 2.24) is 0 Å². The third-order valence-electron chi connectivity index (χ3n) is 2.56. The fourth-order valence-electron chi connectivity index (χ4n) is 1.60. The molecule has 0 saturated carbocycles. The van der Waals surface area contributed by atoms with Crippen LogP contribution in [0.5, 0.6) is 11.5 Å². The minimum atomic E-state index is 0.552. The van der Waals surface area contributed by atoms with E-state index >= 15 is 0 Å². The molecule has 0 spiro atoms. The molecule has 0 amide bonds. The lowest BCUT2D eigenvalue weighted by atomic mass is 10.3. The molecule has 4 heteroatoms. The molecule has 2 N–H and O–H groups in total. The molecular weight excluding hydrogens is 262 g/mol. The molecule has 0 aliphatic carbocycles. The Balaban J connectivity index is 1.71. The number of nitrogen functional groups attached to an aromatic ring is 1. The normalized spacial score (nSPS) is 10.2. The summed E-state index contributed by atoms with van der Waals surface area (Å²) in [7, 11) is 0. The van der Waals surface area contributed by atoms with Gasteiger partial charge in [-0.3, -0.25) is 0 Å². The highest BCUT2D eigenvalue weighted by molar-refractivity contribution is 6.32. The van der Waals surface area contributed by atoms with Gasteiger partial charge in [0.1, 0.15) is 11.5 Å². The Morgan fingerprint density at radius 1 is 0.842 bits per heavy atom. The van der Waals surface area contributed by atoms with Crippen LogP contribution in [-0.4, -0.2) is 13.2 Å². The van der Waals surface area contributed by atoms with Gasteiger partial charge in [0.2, 0.25) is 0 Å². The molecule has 2 aromatic rings. The van der Waals surface area contributed by atoms with E-state index in [9.17, 15) is 0 Å². The first-order valence-corrected chi connectivity index (χ1v) is 6.50. The second kappa shape index (κ2) is 6.90. The average molecular weight is 278 g/mol. The van der Waals surface area contributed by atoms with E-state index in [-0.39, 0.29) is 0 Å². The zero-order valence-electron chi connectivity index (χ0n) is 10.5. The van der Waals surface area contributed by atoms with Crippen LogP contribution < -0.4 is 15.2 Å². The molecule has 19 heavy (non-hydrogen) atoms. The van der Waals surface area contributed by atoms with Crippen LogP contribution in [0.25, 0.3) is 0 Å². The van der Waals surface area contributed by atoms with Crippen LogP contribution in [0.15, 0.2) is 48.5 Å². The monoisotopic (exact) mass is 277 g/mol. The van der Waals surface area contributed by atoms with E-state index in [0.717, 1.165) is 6.42 Å². The summed E-state index contributed by atoms with van der Waals surface area (Å²) in [5.41, 5.74) is 6.42. The van der Waals surface area contributed by atoms with Crippen molar-refractivity contribution >= 4 is 17.3 Å². The number of anilines is 1. The standard InChI is InChI=1S/C15H16ClNO2/c16-12-6-1-3-8-14(12)18-10-5-11-19-15-9-4-2-7-13(15)17/h1-4,6-9H,5,10-11,17H2. The van der Waals surface area contributed by atoms with E-state index < -0.39 is 0 Å². The summed E-state index contributed by atoms with van der Waals surface area (Å²) in [4.78, 5) is 0. The molecule has 0 aliphatic heterocycles. The van der Waals surface area contributed by atoms with Crippen LogP contribution in [0.3, 0.4) is 0 Å². The SMILES string of the molecule is Nc1ccccc1OCCCOc1ccccc1Cl. The van der Waals surface area contributed by atoms with Crippen LogP contribution in [0, 0.1) is 0 Å². The van der Waals surface area contributed by atoms with Crippen molar-refractivity contribution < 1.29 is 9.47 Å². The Bertz CT molecular complexity index is 484. The number of hydrogen-bond acceptors (Lipinski definition) is 3. The Labute approximate surface area is 117 Å². The molecule has 100 valence electrons. The smallest absolute Gasteiger partial charge is 0.142 e. The van der Waals surface area contributed by atoms with Crippen molar-refractivity contribution in [2.45, 2.75) is 6.42 Å². The maximum atomic E-state index is 5.98. The third-order valence-corrected chi connectivity index (χ3v) is 2.87. The van der Waals surface area contributed by atoms with Gasteiger partial charge >= 0.3 is 0 Å². The molecule has 2 aromatic carbocycles. The largest absolute Gasteiger partial charge is 0.492 e. The van der Waals surface area contributed by atoms with Gasteiger partial charge in [-0.2, -0.15) is 0 Å². The Kier molecular flexibility index (Phi) is 4.93. The van der Waals surface area contributed by atoms with Crippen LogP contribution in [0.1, 0.15) is 6.42 Å². The molecular formula is C15H16ClNO2. The second-order valence-corrected chi connectivity index (χ2v) is 4.43.